The summed E-state index contributed by atoms with van der Waals surface area (Å²) >= 11 is 1.75. The Bertz CT molecular complexity index is 641. The number of hydrogen-bond donors (Lipinski definition) is 0. The second-order valence-electron chi connectivity index (χ2n) is 5.56. The summed E-state index contributed by atoms with van der Waals surface area (Å²) in [6.45, 7) is 2.92. The second kappa shape index (κ2) is 7.01. The number of para-hydroxylation sites is 1. The highest BCUT2D eigenvalue weighted by molar-refractivity contribution is 7.99. The van der Waals surface area contributed by atoms with E-state index in [1.165, 1.54) is 11.1 Å². The molecule has 22 heavy (non-hydrogen) atoms. The second-order valence-corrected chi connectivity index (χ2v) is 6.75. The Kier molecular flexibility index (Phi) is 4.84. The van der Waals surface area contributed by atoms with Gasteiger partial charge in [0.05, 0.1) is 5.25 Å². The van der Waals surface area contributed by atoms with Gasteiger partial charge in [0.1, 0.15) is 0 Å². The fourth-order valence-corrected chi connectivity index (χ4v) is 3.97. The van der Waals surface area contributed by atoms with E-state index < -0.39 is 0 Å². The molecule has 1 aliphatic heterocycles. The Balaban J connectivity index is 1.68. The van der Waals surface area contributed by atoms with Gasteiger partial charge in [0, 0.05) is 18.0 Å². The van der Waals surface area contributed by atoms with Crippen molar-refractivity contribution >= 4 is 23.4 Å². The van der Waals surface area contributed by atoms with E-state index >= 15 is 0 Å². The lowest BCUT2D eigenvalue weighted by Gasteiger charge is -2.23. The highest BCUT2D eigenvalue weighted by atomic mass is 32.2. The first kappa shape index (κ1) is 15.2. The lowest BCUT2D eigenvalue weighted by Crippen LogP contribution is -2.36. The van der Waals surface area contributed by atoms with Crippen molar-refractivity contribution in [1.82, 2.24) is 0 Å². The smallest absolute Gasteiger partial charge is 0.240 e. The standard InChI is InChI=1S/C19H21NOS/c1-2-18(22-14-15-8-4-3-5-9-15)19(21)20-13-12-16-10-6-7-11-17(16)20/h3-11,18H,2,12-14H2,1H3. The SMILES string of the molecule is CCC(SCc1ccccc1)C(=O)N1CCc2ccccc21. The molecule has 1 heterocycles. The van der Waals surface area contributed by atoms with Gasteiger partial charge >= 0.3 is 0 Å². The van der Waals surface area contributed by atoms with Gasteiger partial charge in [-0.3, -0.25) is 4.79 Å². The maximum absolute atomic E-state index is 12.9. The molecule has 2 aromatic carbocycles. The van der Waals surface area contributed by atoms with Gasteiger partial charge in [0.25, 0.3) is 0 Å². The van der Waals surface area contributed by atoms with Crippen LogP contribution < -0.4 is 4.90 Å². The third-order valence-electron chi connectivity index (χ3n) is 4.09. The maximum atomic E-state index is 12.9. The van der Waals surface area contributed by atoms with Crippen molar-refractivity contribution in [3.8, 4) is 0 Å². The maximum Gasteiger partial charge on any atom is 0.240 e. The summed E-state index contributed by atoms with van der Waals surface area (Å²) in [7, 11) is 0. The number of rotatable bonds is 5. The number of nitrogens with zero attached hydrogens (tertiary/aromatic N) is 1. The van der Waals surface area contributed by atoms with Crippen LogP contribution in [-0.2, 0) is 17.0 Å². The molecular weight excluding hydrogens is 290 g/mol. The van der Waals surface area contributed by atoms with Crippen molar-refractivity contribution in [2.75, 3.05) is 11.4 Å². The first-order valence-electron chi connectivity index (χ1n) is 7.84. The van der Waals surface area contributed by atoms with Gasteiger partial charge in [-0.15, -0.1) is 11.8 Å². The van der Waals surface area contributed by atoms with Crippen LogP contribution in [0.3, 0.4) is 0 Å². The molecule has 114 valence electrons. The Morgan fingerprint density at radius 2 is 1.86 bits per heavy atom. The summed E-state index contributed by atoms with van der Waals surface area (Å²) in [5.74, 6) is 1.15. The highest BCUT2D eigenvalue weighted by Crippen LogP contribution is 2.31. The van der Waals surface area contributed by atoms with Crippen LogP contribution in [0, 0.1) is 0 Å². The third kappa shape index (κ3) is 3.20. The van der Waals surface area contributed by atoms with Crippen LogP contribution in [0.2, 0.25) is 0 Å². The molecule has 0 bridgehead atoms. The van der Waals surface area contributed by atoms with E-state index in [-0.39, 0.29) is 11.2 Å². The molecule has 0 radical (unpaired) electrons. The van der Waals surface area contributed by atoms with Crippen molar-refractivity contribution in [3.05, 3.63) is 65.7 Å². The highest BCUT2D eigenvalue weighted by Gasteiger charge is 2.29. The van der Waals surface area contributed by atoms with Crippen LogP contribution in [0.25, 0.3) is 0 Å². The predicted molar refractivity (Wildman–Crippen MR) is 94.3 cm³/mol. The van der Waals surface area contributed by atoms with Crippen LogP contribution >= 0.6 is 11.8 Å². The third-order valence-corrected chi connectivity index (χ3v) is 5.53. The molecule has 0 fully saturated rings. The molecular formula is C19H21NOS. The topological polar surface area (TPSA) is 20.3 Å². The van der Waals surface area contributed by atoms with Crippen molar-refractivity contribution in [2.24, 2.45) is 0 Å². The van der Waals surface area contributed by atoms with E-state index in [0.29, 0.717) is 0 Å². The molecule has 0 saturated carbocycles. The summed E-state index contributed by atoms with van der Waals surface area (Å²) in [6, 6.07) is 18.6. The quantitative estimate of drug-likeness (QED) is 0.821. The average molecular weight is 311 g/mol. The first-order chi connectivity index (χ1) is 10.8. The zero-order chi connectivity index (χ0) is 15.4. The van der Waals surface area contributed by atoms with Gasteiger partial charge in [-0.2, -0.15) is 0 Å². The molecule has 0 aromatic heterocycles. The minimum absolute atomic E-state index is 0.0337. The molecule has 3 heteroatoms. The molecule has 0 spiro atoms. The normalized spacial score (nSPS) is 14.7. The van der Waals surface area contributed by atoms with E-state index in [2.05, 4.69) is 43.3 Å². The molecule has 0 N–H and O–H groups in total. The summed E-state index contributed by atoms with van der Waals surface area (Å²) in [4.78, 5) is 14.8. The zero-order valence-electron chi connectivity index (χ0n) is 12.9. The van der Waals surface area contributed by atoms with Gasteiger partial charge in [0.15, 0.2) is 0 Å². The first-order valence-corrected chi connectivity index (χ1v) is 8.89. The molecule has 0 aliphatic carbocycles. The lowest BCUT2D eigenvalue weighted by atomic mass is 10.2. The van der Waals surface area contributed by atoms with Crippen LogP contribution in [0.1, 0.15) is 24.5 Å². The van der Waals surface area contributed by atoms with Crippen LogP contribution in [0.15, 0.2) is 54.6 Å². The minimum atomic E-state index is 0.0337. The Morgan fingerprint density at radius 3 is 2.64 bits per heavy atom. The number of carbonyl (C=O) groups is 1. The monoisotopic (exact) mass is 311 g/mol. The zero-order valence-corrected chi connectivity index (χ0v) is 13.7. The molecule has 1 atom stereocenters. The van der Waals surface area contributed by atoms with Crippen LogP contribution in [-0.4, -0.2) is 17.7 Å². The van der Waals surface area contributed by atoms with Crippen molar-refractivity contribution in [3.63, 3.8) is 0 Å². The van der Waals surface area contributed by atoms with E-state index in [4.69, 9.17) is 0 Å². The van der Waals surface area contributed by atoms with Gasteiger partial charge < -0.3 is 4.90 Å². The molecule has 2 aromatic rings. The van der Waals surface area contributed by atoms with Gasteiger partial charge in [0.2, 0.25) is 5.91 Å². The van der Waals surface area contributed by atoms with Crippen LogP contribution in [0.4, 0.5) is 5.69 Å². The number of benzene rings is 2. The predicted octanol–water partition coefficient (Wildman–Crippen LogP) is 4.29. The summed E-state index contributed by atoms with van der Waals surface area (Å²) in [5.41, 5.74) is 3.67. The lowest BCUT2D eigenvalue weighted by molar-refractivity contribution is -0.118. The summed E-state index contributed by atoms with van der Waals surface area (Å²) < 4.78 is 0. The number of fused-ring (bicyclic) bond motifs is 1. The van der Waals surface area contributed by atoms with E-state index in [1.54, 1.807) is 11.8 Å². The molecule has 1 aliphatic rings. The van der Waals surface area contributed by atoms with Gasteiger partial charge in [-0.1, -0.05) is 55.5 Å². The molecule has 2 nitrogen and oxygen atoms in total. The number of anilines is 1. The fourth-order valence-electron chi connectivity index (χ4n) is 2.88. The Hall–Kier alpha value is -1.74. The van der Waals surface area contributed by atoms with Crippen molar-refractivity contribution < 1.29 is 4.79 Å². The molecule has 1 amide bonds. The van der Waals surface area contributed by atoms with Crippen molar-refractivity contribution in [2.45, 2.75) is 30.8 Å². The van der Waals surface area contributed by atoms with Crippen LogP contribution in [0.5, 0.6) is 0 Å². The number of carbonyl (C=O) groups excluding carboxylic acids is 1. The van der Waals surface area contributed by atoms with Gasteiger partial charge in [-0.25, -0.2) is 0 Å². The number of hydrogen-bond acceptors (Lipinski definition) is 2. The number of amides is 1. The Morgan fingerprint density at radius 1 is 1.14 bits per heavy atom. The molecule has 0 saturated heterocycles. The van der Waals surface area contributed by atoms with E-state index in [1.807, 2.05) is 23.1 Å². The van der Waals surface area contributed by atoms with Crippen molar-refractivity contribution in [1.29, 1.82) is 0 Å². The van der Waals surface area contributed by atoms with Gasteiger partial charge in [-0.05, 0) is 30.0 Å². The van der Waals surface area contributed by atoms with E-state index in [0.717, 1.165) is 30.8 Å². The largest absolute Gasteiger partial charge is 0.311 e. The molecule has 3 rings (SSSR count). The number of thioether (sulfide) groups is 1. The summed E-state index contributed by atoms with van der Waals surface area (Å²) in [5, 5.41) is 0.0337. The minimum Gasteiger partial charge on any atom is -0.311 e. The fraction of sp³-hybridized carbons (Fsp3) is 0.316. The van der Waals surface area contributed by atoms with E-state index in [9.17, 15) is 4.79 Å². The molecule has 1 unspecified atom stereocenters. The Labute approximate surface area is 136 Å². The average Bonchev–Trinajstić information content (AvgIpc) is 3.00. The summed E-state index contributed by atoms with van der Waals surface area (Å²) in [6.07, 6.45) is 1.84.